The molecule has 0 aliphatic carbocycles. The minimum absolute atomic E-state index is 0.214. The van der Waals surface area contributed by atoms with Crippen LogP contribution in [0.4, 0.5) is 4.79 Å². The highest BCUT2D eigenvalue weighted by molar-refractivity contribution is 7.13. The van der Waals surface area contributed by atoms with Gasteiger partial charge in [-0.2, -0.15) is 0 Å². The van der Waals surface area contributed by atoms with Crippen LogP contribution >= 0.6 is 11.3 Å². The molecule has 0 unspecified atom stereocenters. The summed E-state index contributed by atoms with van der Waals surface area (Å²) in [6, 6.07) is 6.23. The molecule has 3 rings (SSSR count). The number of piperazine rings is 1. The molecule has 1 saturated heterocycles. The molecule has 0 N–H and O–H groups in total. The highest BCUT2D eigenvalue weighted by atomic mass is 32.1. The lowest BCUT2D eigenvalue weighted by molar-refractivity contribution is 0.0146. The molecule has 1 aliphatic rings. The second-order valence-electron chi connectivity index (χ2n) is 7.83. The molecule has 0 saturated carbocycles. The van der Waals surface area contributed by atoms with Crippen LogP contribution in [0.2, 0.25) is 0 Å². The Balaban J connectivity index is 1.51. The quantitative estimate of drug-likeness (QED) is 0.801. The standard InChI is InChI=1S/C20H28N4O2S/c1-15-21-16(14-17(22-15)18-6-5-13-27-18)7-8-23-9-11-24(12-10-23)19(25)26-20(2,3)4/h5-6,13-14H,7-12H2,1-4H3. The lowest BCUT2D eigenvalue weighted by Gasteiger charge is -2.35. The molecule has 0 radical (unpaired) electrons. The number of aryl methyl sites for hydroxylation is 1. The lowest BCUT2D eigenvalue weighted by Crippen LogP contribution is -2.50. The van der Waals surface area contributed by atoms with Gasteiger partial charge in [-0.3, -0.25) is 4.90 Å². The first-order valence-electron chi connectivity index (χ1n) is 9.39. The predicted octanol–water partition coefficient (Wildman–Crippen LogP) is 3.61. The molecule has 1 fully saturated rings. The third kappa shape index (κ3) is 5.74. The Hall–Kier alpha value is -1.99. The molecule has 0 atom stereocenters. The summed E-state index contributed by atoms with van der Waals surface area (Å²) < 4.78 is 5.46. The van der Waals surface area contributed by atoms with Crippen molar-refractivity contribution >= 4 is 17.4 Å². The first kappa shape index (κ1) is 19.8. The highest BCUT2D eigenvalue weighted by Crippen LogP contribution is 2.23. The minimum atomic E-state index is -0.445. The summed E-state index contributed by atoms with van der Waals surface area (Å²) in [5.41, 5.74) is 1.63. The summed E-state index contributed by atoms with van der Waals surface area (Å²) in [6.07, 6.45) is 0.669. The van der Waals surface area contributed by atoms with E-state index in [1.807, 2.05) is 33.8 Å². The maximum atomic E-state index is 12.2. The molecule has 0 bridgehead atoms. The second-order valence-corrected chi connectivity index (χ2v) is 8.78. The SMILES string of the molecule is Cc1nc(CCN2CCN(C(=O)OC(C)(C)C)CC2)cc(-c2cccs2)n1. The molecule has 27 heavy (non-hydrogen) atoms. The highest BCUT2D eigenvalue weighted by Gasteiger charge is 2.25. The average Bonchev–Trinajstić information content (AvgIpc) is 3.13. The van der Waals surface area contributed by atoms with Crippen LogP contribution in [0.15, 0.2) is 23.6 Å². The molecule has 1 aliphatic heterocycles. The van der Waals surface area contributed by atoms with Crippen LogP contribution in [0.5, 0.6) is 0 Å². The van der Waals surface area contributed by atoms with Crippen molar-refractivity contribution in [2.75, 3.05) is 32.7 Å². The fourth-order valence-electron chi connectivity index (χ4n) is 3.06. The third-order valence-corrected chi connectivity index (χ3v) is 5.27. The zero-order valence-electron chi connectivity index (χ0n) is 16.6. The van der Waals surface area contributed by atoms with Crippen LogP contribution in [0.3, 0.4) is 0 Å². The number of hydrogen-bond acceptors (Lipinski definition) is 6. The molecule has 3 heterocycles. The fourth-order valence-corrected chi connectivity index (χ4v) is 3.75. The van der Waals surface area contributed by atoms with E-state index < -0.39 is 5.60 Å². The van der Waals surface area contributed by atoms with Gasteiger partial charge in [-0.25, -0.2) is 14.8 Å². The van der Waals surface area contributed by atoms with Gasteiger partial charge in [0.25, 0.3) is 0 Å². The van der Waals surface area contributed by atoms with Crippen molar-refractivity contribution in [2.45, 2.75) is 39.7 Å². The Morgan fingerprint density at radius 1 is 1.22 bits per heavy atom. The summed E-state index contributed by atoms with van der Waals surface area (Å²) in [7, 11) is 0. The number of amides is 1. The van der Waals surface area contributed by atoms with E-state index in [9.17, 15) is 4.79 Å². The van der Waals surface area contributed by atoms with Gasteiger partial charge in [-0.05, 0) is 45.2 Å². The number of hydrogen-bond donors (Lipinski definition) is 0. The van der Waals surface area contributed by atoms with Gasteiger partial charge in [0.2, 0.25) is 0 Å². The Labute approximate surface area is 165 Å². The van der Waals surface area contributed by atoms with Crippen LogP contribution < -0.4 is 0 Å². The Morgan fingerprint density at radius 3 is 2.59 bits per heavy atom. The Kier molecular flexibility index (Phi) is 6.11. The Morgan fingerprint density at radius 2 is 1.96 bits per heavy atom. The smallest absolute Gasteiger partial charge is 0.410 e. The van der Waals surface area contributed by atoms with Crippen LogP contribution in [-0.2, 0) is 11.2 Å². The zero-order chi connectivity index (χ0) is 19.4. The van der Waals surface area contributed by atoms with Crippen molar-refractivity contribution < 1.29 is 9.53 Å². The molecule has 0 spiro atoms. The number of carbonyl (C=O) groups is 1. The van der Waals surface area contributed by atoms with E-state index in [4.69, 9.17) is 4.74 Å². The molecule has 2 aromatic rings. The third-order valence-electron chi connectivity index (χ3n) is 4.37. The van der Waals surface area contributed by atoms with Gasteiger partial charge >= 0.3 is 6.09 Å². The summed E-state index contributed by atoms with van der Waals surface area (Å²) in [6.45, 7) is 11.7. The van der Waals surface area contributed by atoms with E-state index in [1.54, 1.807) is 16.2 Å². The van der Waals surface area contributed by atoms with Crippen LogP contribution in [0.1, 0.15) is 32.3 Å². The Bertz CT molecular complexity index is 763. The van der Waals surface area contributed by atoms with Gasteiger partial charge in [0.05, 0.1) is 10.6 Å². The number of ether oxygens (including phenoxy) is 1. The minimum Gasteiger partial charge on any atom is -0.444 e. The number of aromatic nitrogens is 2. The van der Waals surface area contributed by atoms with Crippen molar-refractivity contribution in [3.8, 4) is 10.6 Å². The van der Waals surface area contributed by atoms with Gasteiger partial charge in [-0.15, -0.1) is 11.3 Å². The molecule has 146 valence electrons. The first-order chi connectivity index (χ1) is 12.8. The van der Waals surface area contributed by atoms with Gasteiger partial charge in [0.1, 0.15) is 11.4 Å². The van der Waals surface area contributed by atoms with Crippen LogP contribution in [-0.4, -0.2) is 64.2 Å². The molecule has 7 heteroatoms. The van der Waals surface area contributed by atoms with Crippen molar-refractivity contribution in [3.63, 3.8) is 0 Å². The summed E-state index contributed by atoms with van der Waals surface area (Å²) in [5.74, 6) is 0.811. The zero-order valence-corrected chi connectivity index (χ0v) is 17.4. The van der Waals surface area contributed by atoms with Crippen molar-refractivity contribution in [2.24, 2.45) is 0 Å². The van der Waals surface area contributed by atoms with E-state index in [2.05, 4.69) is 32.4 Å². The van der Waals surface area contributed by atoms with Crippen molar-refractivity contribution in [1.82, 2.24) is 19.8 Å². The van der Waals surface area contributed by atoms with Crippen LogP contribution in [0.25, 0.3) is 10.6 Å². The molecule has 1 amide bonds. The number of carbonyl (C=O) groups excluding carboxylic acids is 1. The molecule has 2 aromatic heterocycles. The van der Waals surface area contributed by atoms with E-state index in [1.165, 1.54) is 4.88 Å². The van der Waals surface area contributed by atoms with E-state index in [0.717, 1.165) is 43.3 Å². The molecular weight excluding hydrogens is 360 g/mol. The molecular formula is C20H28N4O2S. The van der Waals surface area contributed by atoms with Crippen molar-refractivity contribution in [1.29, 1.82) is 0 Å². The van der Waals surface area contributed by atoms with E-state index in [-0.39, 0.29) is 6.09 Å². The summed E-state index contributed by atoms with van der Waals surface area (Å²) >= 11 is 1.70. The first-order valence-corrected chi connectivity index (χ1v) is 10.3. The summed E-state index contributed by atoms with van der Waals surface area (Å²) in [5, 5.41) is 2.07. The normalized spacial score (nSPS) is 15.8. The van der Waals surface area contributed by atoms with Crippen LogP contribution in [0, 0.1) is 6.92 Å². The summed E-state index contributed by atoms with van der Waals surface area (Å²) in [4.78, 5) is 26.7. The maximum Gasteiger partial charge on any atom is 0.410 e. The van der Waals surface area contributed by atoms with Gasteiger partial charge < -0.3 is 9.64 Å². The number of rotatable bonds is 4. The van der Waals surface area contributed by atoms with Gasteiger partial charge in [0.15, 0.2) is 0 Å². The largest absolute Gasteiger partial charge is 0.444 e. The fraction of sp³-hybridized carbons (Fsp3) is 0.550. The van der Waals surface area contributed by atoms with E-state index in [0.29, 0.717) is 13.1 Å². The van der Waals surface area contributed by atoms with Gasteiger partial charge in [0, 0.05) is 44.8 Å². The second kappa shape index (κ2) is 8.35. The topological polar surface area (TPSA) is 58.6 Å². The maximum absolute atomic E-state index is 12.2. The van der Waals surface area contributed by atoms with Crippen molar-refractivity contribution in [3.05, 3.63) is 35.1 Å². The monoisotopic (exact) mass is 388 g/mol. The van der Waals surface area contributed by atoms with Gasteiger partial charge in [-0.1, -0.05) is 6.07 Å². The number of nitrogens with zero attached hydrogens (tertiary/aromatic N) is 4. The number of thiophene rings is 1. The average molecular weight is 389 g/mol. The predicted molar refractivity (Wildman–Crippen MR) is 108 cm³/mol. The van der Waals surface area contributed by atoms with E-state index >= 15 is 0 Å². The molecule has 0 aromatic carbocycles. The molecule has 6 nitrogen and oxygen atoms in total. The lowest BCUT2D eigenvalue weighted by atomic mass is 10.2.